The molecule has 1 saturated carbocycles. The topological polar surface area (TPSA) is 114 Å². The van der Waals surface area contributed by atoms with Gasteiger partial charge in [-0.15, -0.1) is 0 Å². The number of nitrogens with zero attached hydrogens (tertiary/aromatic N) is 2. The molecule has 156 valence electrons. The van der Waals surface area contributed by atoms with Gasteiger partial charge < -0.3 is 5.32 Å². The maximum Gasteiger partial charge on any atom is 0.271 e. The Morgan fingerprint density at radius 2 is 1.73 bits per heavy atom. The van der Waals surface area contributed by atoms with E-state index in [1.807, 2.05) is 12.1 Å². The largest absolute Gasteiger partial charge is 0.326 e. The molecule has 2 amide bonds. The zero-order valence-corrected chi connectivity index (χ0v) is 16.8. The summed E-state index contributed by atoms with van der Waals surface area (Å²) in [6.07, 6.45) is 5.30. The summed E-state index contributed by atoms with van der Waals surface area (Å²) in [6, 6.07) is 12.7. The summed E-state index contributed by atoms with van der Waals surface area (Å²) >= 11 is 0. The number of nitro groups is 1. The summed E-state index contributed by atoms with van der Waals surface area (Å²) in [5.74, 6) is -0.378. The van der Waals surface area contributed by atoms with E-state index in [4.69, 9.17) is 0 Å². The molecule has 8 nitrogen and oxygen atoms in total. The molecular formula is C22H24N4O4. The number of hydrogen-bond donors (Lipinski definition) is 2. The van der Waals surface area contributed by atoms with Crippen LogP contribution in [-0.2, 0) is 4.79 Å². The zero-order valence-electron chi connectivity index (χ0n) is 16.8. The van der Waals surface area contributed by atoms with E-state index in [1.165, 1.54) is 30.7 Å². The van der Waals surface area contributed by atoms with Crippen LogP contribution in [0.1, 0.15) is 54.9 Å². The van der Waals surface area contributed by atoms with Gasteiger partial charge in [-0.05, 0) is 43.5 Å². The average molecular weight is 408 g/mol. The standard InChI is InChI=1S/C22H24N4O4/c1-15(24-25-22(28)18-8-5-9-20(14-18)26(29)30)16-10-12-19(13-11-16)23-21(27)17-6-3-2-4-7-17/h5,8-14,17H,2-4,6-7H2,1H3,(H,23,27)(H,25,28). The molecule has 0 bridgehead atoms. The molecule has 2 aromatic carbocycles. The highest BCUT2D eigenvalue weighted by Gasteiger charge is 2.21. The molecule has 30 heavy (non-hydrogen) atoms. The summed E-state index contributed by atoms with van der Waals surface area (Å²) < 4.78 is 0. The van der Waals surface area contributed by atoms with Crippen LogP contribution in [0.3, 0.4) is 0 Å². The second kappa shape index (κ2) is 9.78. The fourth-order valence-electron chi connectivity index (χ4n) is 3.43. The lowest BCUT2D eigenvalue weighted by atomic mass is 9.88. The monoisotopic (exact) mass is 408 g/mol. The SMILES string of the molecule is CC(=NNC(=O)c1cccc([N+](=O)[O-])c1)c1ccc(NC(=O)C2CCCCC2)cc1. The molecule has 1 fully saturated rings. The summed E-state index contributed by atoms with van der Waals surface area (Å²) in [4.78, 5) is 34.8. The maximum atomic E-state index is 12.3. The van der Waals surface area contributed by atoms with Crippen molar-refractivity contribution in [3.05, 3.63) is 69.8 Å². The number of nitrogens with one attached hydrogen (secondary N) is 2. The second-order valence-corrected chi connectivity index (χ2v) is 7.35. The number of carbonyl (C=O) groups is 2. The van der Waals surface area contributed by atoms with Crippen LogP contribution in [0.2, 0.25) is 0 Å². The minimum absolute atomic E-state index is 0.0667. The van der Waals surface area contributed by atoms with E-state index in [0.717, 1.165) is 36.9 Å². The highest BCUT2D eigenvalue weighted by molar-refractivity contribution is 6.01. The number of nitro benzene ring substituents is 1. The minimum atomic E-state index is -0.556. The van der Waals surface area contributed by atoms with Gasteiger partial charge in [-0.3, -0.25) is 19.7 Å². The molecule has 0 heterocycles. The van der Waals surface area contributed by atoms with Crippen molar-refractivity contribution in [3.8, 4) is 0 Å². The van der Waals surface area contributed by atoms with Gasteiger partial charge in [0.05, 0.1) is 10.6 Å². The molecule has 0 saturated heterocycles. The van der Waals surface area contributed by atoms with Gasteiger partial charge in [-0.2, -0.15) is 5.10 Å². The van der Waals surface area contributed by atoms with Gasteiger partial charge in [0.15, 0.2) is 0 Å². The van der Waals surface area contributed by atoms with E-state index in [9.17, 15) is 19.7 Å². The summed E-state index contributed by atoms with van der Waals surface area (Å²) in [5.41, 5.74) is 4.48. The molecule has 0 aliphatic heterocycles. The second-order valence-electron chi connectivity index (χ2n) is 7.35. The highest BCUT2D eigenvalue weighted by Crippen LogP contribution is 2.25. The Kier molecular flexibility index (Phi) is 6.90. The Morgan fingerprint density at radius 3 is 2.40 bits per heavy atom. The average Bonchev–Trinajstić information content (AvgIpc) is 2.78. The smallest absolute Gasteiger partial charge is 0.271 e. The predicted molar refractivity (Wildman–Crippen MR) is 114 cm³/mol. The molecular weight excluding hydrogens is 384 g/mol. The van der Waals surface area contributed by atoms with Gasteiger partial charge in [0.25, 0.3) is 11.6 Å². The van der Waals surface area contributed by atoms with E-state index in [0.29, 0.717) is 5.71 Å². The summed E-state index contributed by atoms with van der Waals surface area (Å²) in [5, 5.41) is 17.9. The van der Waals surface area contributed by atoms with Gasteiger partial charge in [0, 0.05) is 29.3 Å². The minimum Gasteiger partial charge on any atom is -0.326 e. The van der Waals surface area contributed by atoms with Crippen LogP contribution in [0, 0.1) is 16.0 Å². The van der Waals surface area contributed by atoms with Crippen LogP contribution in [0.5, 0.6) is 0 Å². The Labute approximate surface area is 174 Å². The molecule has 8 heteroatoms. The molecule has 2 N–H and O–H groups in total. The lowest BCUT2D eigenvalue weighted by molar-refractivity contribution is -0.384. The zero-order chi connectivity index (χ0) is 21.5. The van der Waals surface area contributed by atoms with Crippen molar-refractivity contribution >= 4 is 28.9 Å². The Morgan fingerprint density at radius 1 is 1.03 bits per heavy atom. The fourth-order valence-corrected chi connectivity index (χ4v) is 3.43. The first-order valence-electron chi connectivity index (χ1n) is 9.94. The highest BCUT2D eigenvalue weighted by atomic mass is 16.6. The molecule has 1 aliphatic carbocycles. The lowest BCUT2D eigenvalue weighted by Gasteiger charge is -2.20. The first-order valence-corrected chi connectivity index (χ1v) is 9.94. The molecule has 0 aromatic heterocycles. The van der Waals surface area contributed by atoms with Crippen LogP contribution in [0.25, 0.3) is 0 Å². The van der Waals surface area contributed by atoms with Crippen molar-refractivity contribution in [2.45, 2.75) is 39.0 Å². The first-order chi connectivity index (χ1) is 14.4. The molecule has 0 unspecified atom stereocenters. The third kappa shape index (κ3) is 5.50. The predicted octanol–water partition coefficient (Wildman–Crippen LogP) is 4.27. The van der Waals surface area contributed by atoms with E-state index in [1.54, 1.807) is 19.1 Å². The number of hydrogen-bond acceptors (Lipinski definition) is 5. The molecule has 3 rings (SSSR count). The van der Waals surface area contributed by atoms with Crippen LogP contribution in [-0.4, -0.2) is 22.4 Å². The number of amides is 2. The van der Waals surface area contributed by atoms with Gasteiger partial charge in [-0.25, -0.2) is 5.43 Å². The maximum absolute atomic E-state index is 12.3. The molecule has 2 aromatic rings. The molecule has 0 atom stereocenters. The fraction of sp³-hybridized carbons (Fsp3) is 0.318. The first kappa shape index (κ1) is 21.2. The quantitative estimate of drug-likeness (QED) is 0.422. The number of hydrazone groups is 1. The number of carbonyl (C=O) groups excluding carboxylic acids is 2. The van der Waals surface area contributed by atoms with E-state index >= 15 is 0 Å². The third-order valence-electron chi connectivity index (χ3n) is 5.19. The molecule has 0 radical (unpaired) electrons. The Hall–Kier alpha value is -3.55. The van der Waals surface area contributed by atoms with Crippen molar-refractivity contribution < 1.29 is 14.5 Å². The van der Waals surface area contributed by atoms with Gasteiger partial charge in [0.2, 0.25) is 5.91 Å². The number of rotatable bonds is 6. The van der Waals surface area contributed by atoms with Gasteiger partial charge >= 0.3 is 0 Å². The van der Waals surface area contributed by atoms with Crippen molar-refractivity contribution in [2.24, 2.45) is 11.0 Å². The summed E-state index contributed by atoms with van der Waals surface area (Å²) in [6.45, 7) is 1.74. The summed E-state index contributed by atoms with van der Waals surface area (Å²) in [7, 11) is 0. The van der Waals surface area contributed by atoms with Gasteiger partial charge in [0.1, 0.15) is 0 Å². The van der Waals surface area contributed by atoms with Crippen LogP contribution in [0.15, 0.2) is 53.6 Å². The van der Waals surface area contributed by atoms with Crippen molar-refractivity contribution in [1.82, 2.24) is 5.43 Å². The van der Waals surface area contributed by atoms with Crippen LogP contribution >= 0.6 is 0 Å². The van der Waals surface area contributed by atoms with Crippen LogP contribution in [0.4, 0.5) is 11.4 Å². The van der Waals surface area contributed by atoms with Crippen molar-refractivity contribution in [2.75, 3.05) is 5.32 Å². The van der Waals surface area contributed by atoms with Crippen molar-refractivity contribution in [1.29, 1.82) is 0 Å². The normalized spacial score (nSPS) is 14.8. The third-order valence-corrected chi connectivity index (χ3v) is 5.19. The van der Waals surface area contributed by atoms with E-state index < -0.39 is 10.8 Å². The van der Waals surface area contributed by atoms with E-state index in [-0.39, 0.29) is 23.1 Å². The van der Waals surface area contributed by atoms with E-state index in [2.05, 4.69) is 15.8 Å². The van der Waals surface area contributed by atoms with Gasteiger partial charge in [-0.1, -0.05) is 37.5 Å². The Bertz CT molecular complexity index is 963. The molecule has 0 spiro atoms. The Balaban J connectivity index is 1.59. The number of non-ortho nitro benzene ring substituents is 1. The molecule has 1 aliphatic rings. The number of benzene rings is 2. The number of anilines is 1. The van der Waals surface area contributed by atoms with Crippen molar-refractivity contribution in [3.63, 3.8) is 0 Å². The van der Waals surface area contributed by atoms with Crippen LogP contribution < -0.4 is 10.7 Å². The lowest BCUT2D eigenvalue weighted by Crippen LogP contribution is -2.24.